The Hall–Kier alpha value is 0.120. The quantitative estimate of drug-likeness (QED) is 0.140. The van der Waals surface area contributed by atoms with Crippen molar-refractivity contribution in [3.05, 3.63) is 12.2 Å². The number of hydrogen-bond donors (Lipinski definition) is 1. The molecule has 0 atom stereocenters. The molecule has 7 heteroatoms. The summed E-state index contributed by atoms with van der Waals surface area (Å²) >= 11 is 0. The summed E-state index contributed by atoms with van der Waals surface area (Å²) in [4.78, 5) is 11.5. The summed E-state index contributed by atoms with van der Waals surface area (Å²) in [6.07, 6.45) is 20.2. The number of hydrogen-bond acceptors (Lipinski definition) is 5. The third-order valence-corrected chi connectivity index (χ3v) is 5.61. The molecule has 0 aliphatic heterocycles. The zero-order valence-corrected chi connectivity index (χ0v) is 21.3. The van der Waals surface area contributed by atoms with E-state index >= 15 is 0 Å². The van der Waals surface area contributed by atoms with Crippen molar-refractivity contribution in [1.82, 2.24) is 5.32 Å². The molecule has 0 fully saturated rings. The van der Waals surface area contributed by atoms with Crippen molar-refractivity contribution in [2.45, 2.75) is 96.8 Å². The van der Waals surface area contributed by atoms with Gasteiger partial charge in [0.2, 0.25) is 0 Å². The van der Waals surface area contributed by atoms with Gasteiger partial charge < -0.3 is 9.50 Å². The van der Waals surface area contributed by atoms with Crippen LogP contribution in [0.4, 0.5) is 0 Å². The van der Waals surface area contributed by atoms with Crippen molar-refractivity contribution in [2.24, 2.45) is 0 Å². The molecular weight excluding hydrogens is 385 g/mol. The molecule has 0 aromatic rings. The summed E-state index contributed by atoms with van der Waals surface area (Å²) in [6, 6.07) is 0. The van der Waals surface area contributed by atoms with Gasteiger partial charge in [0.1, 0.15) is 0 Å². The number of allylic oxidation sites excluding steroid dienone is 2. The maximum atomic E-state index is 11.5. The molecule has 0 aliphatic carbocycles. The van der Waals surface area contributed by atoms with Crippen LogP contribution in [0.25, 0.3) is 0 Å². The Labute approximate surface area is 195 Å². The average molecular weight is 427 g/mol. The molecule has 0 bridgehead atoms. The van der Waals surface area contributed by atoms with E-state index in [1.165, 1.54) is 51.4 Å². The minimum atomic E-state index is -3.73. The van der Waals surface area contributed by atoms with Crippen molar-refractivity contribution in [3.8, 4) is 0 Å². The van der Waals surface area contributed by atoms with Gasteiger partial charge >= 0.3 is 16.1 Å². The minimum absolute atomic E-state index is 0. The fourth-order valence-electron chi connectivity index (χ4n) is 2.79. The molecule has 161 valence electrons. The first-order valence-electron chi connectivity index (χ1n) is 10.8. The van der Waals surface area contributed by atoms with Crippen molar-refractivity contribution < 1.29 is 17.4 Å². The third kappa shape index (κ3) is 22.4. The van der Waals surface area contributed by atoms with E-state index in [-0.39, 0.29) is 48.3 Å². The van der Waals surface area contributed by atoms with E-state index in [4.69, 9.17) is 0 Å². The second-order valence-electron chi connectivity index (χ2n) is 7.15. The van der Waals surface area contributed by atoms with E-state index in [9.17, 15) is 13.2 Å². The van der Waals surface area contributed by atoms with Gasteiger partial charge in [-0.25, -0.2) is 0 Å². The molecule has 28 heavy (non-hydrogen) atoms. The molecule has 0 saturated carbocycles. The molecule has 0 amide bonds. The predicted octanol–water partition coefficient (Wildman–Crippen LogP) is 4.74. The molecule has 0 aromatic heterocycles. The third-order valence-electron chi connectivity index (χ3n) is 4.46. The van der Waals surface area contributed by atoms with E-state index in [0.29, 0.717) is 6.42 Å². The first-order chi connectivity index (χ1) is 13.0. The van der Waals surface area contributed by atoms with Gasteiger partial charge in [0.05, 0.1) is 5.75 Å². The Bertz CT molecular complexity index is 481. The molecule has 0 rings (SSSR count). The van der Waals surface area contributed by atoms with E-state index < -0.39 is 16.1 Å². The first-order valence-corrected chi connectivity index (χ1v) is 12.3. The van der Waals surface area contributed by atoms with Crippen LogP contribution in [0.15, 0.2) is 12.2 Å². The maximum absolute atomic E-state index is 11.5. The van der Waals surface area contributed by atoms with Crippen molar-refractivity contribution in [1.29, 1.82) is 0 Å². The summed E-state index contributed by atoms with van der Waals surface area (Å²) in [5.74, 6) is -0.814. The van der Waals surface area contributed by atoms with Crippen molar-refractivity contribution >= 4 is 45.6 Å². The molecule has 5 nitrogen and oxygen atoms in total. The van der Waals surface area contributed by atoms with Crippen LogP contribution in [0, 0.1) is 0 Å². The van der Waals surface area contributed by atoms with Gasteiger partial charge in [-0.1, -0.05) is 70.4 Å². The Morgan fingerprint density at radius 1 is 0.857 bits per heavy atom. The largest absolute Gasteiger partial charge is 0.346 e. The van der Waals surface area contributed by atoms with Gasteiger partial charge in [0.15, 0.2) is 0 Å². The first kappa shape index (κ1) is 30.3. The summed E-state index contributed by atoms with van der Waals surface area (Å²) in [6.45, 7) is 2.53. The second kappa shape index (κ2) is 21.8. The number of carbonyl (C=O) groups is 1. The zero-order chi connectivity index (χ0) is 20.2. The van der Waals surface area contributed by atoms with Gasteiger partial charge in [0.25, 0.3) is 0 Å². The Morgan fingerprint density at radius 3 is 1.89 bits per heavy atom. The molecule has 1 N–H and O–H groups in total. The summed E-state index contributed by atoms with van der Waals surface area (Å²) < 4.78 is 27.5. The van der Waals surface area contributed by atoms with Crippen LogP contribution in [0.5, 0.6) is 0 Å². The van der Waals surface area contributed by atoms with Crippen LogP contribution < -0.4 is 5.32 Å². The van der Waals surface area contributed by atoms with E-state index in [0.717, 1.165) is 25.7 Å². The summed E-state index contributed by atoms with van der Waals surface area (Å²) in [7, 11) is -2.08. The van der Waals surface area contributed by atoms with Crippen LogP contribution >= 0.6 is 0 Å². The monoisotopic (exact) mass is 426 g/mol. The smallest absolute Gasteiger partial charge is 0.322 e. The molecule has 1 radical (unpaired) electrons. The van der Waals surface area contributed by atoms with E-state index in [1.54, 1.807) is 7.05 Å². The molecule has 0 spiro atoms. The van der Waals surface area contributed by atoms with Crippen LogP contribution in [0.2, 0.25) is 0 Å². The number of nitrogens with one attached hydrogen (secondary N) is 1. The number of carbonyl (C=O) groups excluding carboxylic acids is 1. The van der Waals surface area contributed by atoms with Gasteiger partial charge in [-0.05, 0) is 39.2 Å². The van der Waals surface area contributed by atoms with Gasteiger partial charge in [-0.15, -0.1) is 0 Å². The predicted molar refractivity (Wildman–Crippen MR) is 119 cm³/mol. The Morgan fingerprint density at radius 2 is 1.36 bits per heavy atom. The van der Waals surface area contributed by atoms with Crippen LogP contribution in [0.3, 0.4) is 0 Å². The number of unbranched alkanes of at least 4 members (excludes halogenated alkanes) is 11. The molecule has 0 aliphatic rings. The maximum Gasteiger partial charge on any atom is 0.322 e. The Balaban J connectivity index is 0. The van der Waals surface area contributed by atoms with E-state index in [1.807, 2.05) is 0 Å². The fraction of sp³-hybridized carbons (Fsp3) is 0.857. The van der Waals surface area contributed by atoms with Crippen LogP contribution in [-0.2, 0) is 19.1 Å². The van der Waals surface area contributed by atoms with Gasteiger partial charge in [-0.3, -0.25) is 4.79 Å². The van der Waals surface area contributed by atoms with Gasteiger partial charge in [-0.2, -0.15) is 8.42 Å². The van der Waals surface area contributed by atoms with Gasteiger partial charge in [0, 0.05) is 42.5 Å². The average Bonchev–Trinajstić information content (AvgIpc) is 2.63. The fourth-order valence-corrected chi connectivity index (χ4v) is 3.70. The normalized spacial score (nSPS) is 11.5. The van der Waals surface area contributed by atoms with Crippen molar-refractivity contribution in [3.63, 3.8) is 0 Å². The zero-order valence-electron chi connectivity index (χ0n) is 18.5. The molecular formula is C21H41NNaO4S. The van der Waals surface area contributed by atoms with Crippen molar-refractivity contribution in [2.75, 3.05) is 19.3 Å². The minimum Gasteiger partial charge on any atom is -0.346 e. The molecule has 0 saturated heterocycles. The SMILES string of the molecule is CCCCCCCCC=CCCCCCCCC(=O)OS(=O)(=O)CCNC.[Na]. The summed E-state index contributed by atoms with van der Waals surface area (Å²) in [5.41, 5.74) is 0. The standard InChI is InChI=1S/C21H41NO4S.Na/c1-3-4-5-6-7-8-9-10-11-12-13-14-15-16-17-18-21(23)26-27(24,25)20-19-22-2;/h10-11,22H,3-9,12-20H2,1-2H3;. The van der Waals surface area contributed by atoms with Crippen LogP contribution in [0.1, 0.15) is 96.8 Å². The topological polar surface area (TPSA) is 72.5 Å². The Kier molecular flexibility index (Phi) is 23.6. The summed E-state index contributed by atoms with van der Waals surface area (Å²) in [5, 5.41) is 2.72. The molecule has 0 heterocycles. The van der Waals surface area contributed by atoms with Crippen LogP contribution in [-0.4, -0.2) is 63.3 Å². The molecule has 0 unspecified atom stereocenters. The van der Waals surface area contributed by atoms with E-state index in [2.05, 4.69) is 28.6 Å². The number of rotatable bonds is 19. The molecule has 0 aromatic carbocycles. The second-order valence-corrected chi connectivity index (χ2v) is 8.85.